The Labute approximate surface area is 163 Å². The molecule has 2 aromatic carbocycles. The molecule has 0 amide bonds. The minimum Gasteiger partial charge on any atom is -0.438 e. The van der Waals surface area contributed by atoms with Crippen molar-refractivity contribution in [3.8, 4) is 16.8 Å². The monoisotopic (exact) mass is 390 g/mol. The van der Waals surface area contributed by atoms with Crippen LogP contribution in [0.15, 0.2) is 67.0 Å². The van der Waals surface area contributed by atoms with Gasteiger partial charge in [-0.15, -0.1) is 0 Å². The van der Waals surface area contributed by atoms with E-state index in [4.69, 9.17) is 10.5 Å². The number of nitrogens with two attached hydrogens (primary N) is 1. The molecule has 28 heavy (non-hydrogen) atoms. The lowest BCUT2D eigenvalue weighted by Gasteiger charge is -2.08. The van der Waals surface area contributed by atoms with Crippen LogP contribution in [0.4, 0.5) is 4.39 Å². The minimum atomic E-state index is -0.261. The predicted molar refractivity (Wildman–Crippen MR) is 109 cm³/mol. The highest BCUT2D eigenvalue weighted by Crippen LogP contribution is 2.33. The largest absolute Gasteiger partial charge is 0.438 e. The van der Waals surface area contributed by atoms with E-state index in [1.165, 1.54) is 23.5 Å². The van der Waals surface area contributed by atoms with Gasteiger partial charge in [0.2, 0.25) is 5.88 Å². The summed E-state index contributed by atoms with van der Waals surface area (Å²) in [6.45, 7) is 0.428. The Balaban J connectivity index is 1.57. The SMILES string of the molecule is NCc1ccnc(Oc2cccc3c2ccn3-c2nc3ccc(F)cc3s2)c1. The second kappa shape index (κ2) is 6.70. The predicted octanol–water partition coefficient (Wildman–Crippen LogP) is 5.03. The fourth-order valence-corrected chi connectivity index (χ4v) is 4.12. The van der Waals surface area contributed by atoms with Gasteiger partial charge in [0.1, 0.15) is 11.6 Å². The summed E-state index contributed by atoms with van der Waals surface area (Å²) in [4.78, 5) is 8.89. The first kappa shape index (κ1) is 16.9. The van der Waals surface area contributed by atoms with Crippen LogP contribution in [0.1, 0.15) is 5.56 Å². The summed E-state index contributed by atoms with van der Waals surface area (Å²) >= 11 is 1.44. The molecule has 0 fully saturated rings. The van der Waals surface area contributed by atoms with Crippen molar-refractivity contribution in [3.63, 3.8) is 0 Å². The molecule has 7 heteroatoms. The molecule has 2 N–H and O–H groups in total. The average molecular weight is 390 g/mol. The molecular formula is C21H15FN4OS. The van der Waals surface area contributed by atoms with E-state index in [0.717, 1.165) is 31.8 Å². The summed E-state index contributed by atoms with van der Waals surface area (Å²) in [6, 6.07) is 16.1. The van der Waals surface area contributed by atoms with Crippen molar-refractivity contribution >= 4 is 32.5 Å². The lowest BCUT2D eigenvalue weighted by atomic mass is 10.2. The third-order valence-corrected chi connectivity index (χ3v) is 5.51. The molecule has 0 aliphatic rings. The molecule has 5 nitrogen and oxygen atoms in total. The van der Waals surface area contributed by atoms with E-state index in [9.17, 15) is 4.39 Å². The average Bonchev–Trinajstić information content (AvgIpc) is 3.32. The molecule has 0 radical (unpaired) electrons. The van der Waals surface area contributed by atoms with Gasteiger partial charge in [-0.2, -0.15) is 0 Å². The highest BCUT2D eigenvalue weighted by molar-refractivity contribution is 7.20. The maximum absolute atomic E-state index is 13.5. The Morgan fingerprint density at radius 3 is 2.93 bits per heavy atom. The van der Waals surface area contributed by atoms with Crippen LogP contribution in [-0.2, 0) is 6.54 Å². The van der Waals surface area contributed by atoms with Gasteiger partial charge in [0.25, 0.3) is 0 Å². The normalized spacial score (nSPS) is 11.4. The molecule has 0 aliphatic carbocycles. The van der Waals surface area contributed by atoms with Crippen molar-refractivity contribution < 1.29 is 9.13 Å². The first-order valence-electron chi connectivity index (χ1n) is 8.71. The van der Waals surface area contributed by atoms with E-state index >= 15 is 0 Å². The second-order valence-corrected chi connectivity index (χ2v) is 7.30. The Bertz CT molecular complexity index is 1310. The molecule has 0 saturated heterocycles. The summed E-state index contributed by atoms with van der Waals surface area (Å²) in [5.41, 5.74) is 8.38. The number of ether oxygens (including phenoxy) is 1. The molecule has 5 rings (SSSR count). The van der Waals surface area contributed by atoms with E-state index in [1.807, 2.05) is 47.2 Å². The van der Waals surface area contributed by atoms with E-state index in [0.29, 0.717) is 18.2 Å². The second-order valence-electron chi connectivity index (χ2n) is 6.29. The number of halogens is 1. The molecule has 138 valence electrons. The minimum absolute atomic E-state index is 0.261. The molecule has 0 spiro atoms. The molecule has 0 bridgehead atoms. The van der Waals surface area contributed by atoms with Gasteiger partial charge in [0.15, 0.2) is 5.13 Å². The highest BCUT2D eigenvalue weighted by Gasteiger charge is 2.13. The maximum Gasteiger partial charge on any atom is 0.219 e. The summed E-state index contributed by atoms with van der Waals surface area (Å²) in [5.74, 6) is 0.937. The first-order chi connectivity index (χ1) is 13.7. The van der Waals surface area contributed by atoms with Crippen molar-refractivity contribution in [2.75, 3.05) is 0 Å². The van der Waals surface area contributed by atoms with E-state index in [-0.39, 0.29) is 5.82 Å². The fourth-order valence-electron chi connectivity index (χ4n) is 3.13. The zero-order valence-corrected chi connectivity index (χ0v) is 15.5. The number of nitrogens with zero attached hydrogens (tertiary/aromatic N) is 3. The van der Waals surface area contributed by atoms with Crippen LogP contribution in [0.5, 0.6) is 11.6 Å². The van der Waals surface area contributed by atoms with Gasteiger partial charge in [0.05, 0.1) is 15.7 Å². The summed E-state index contributed by atoms with van der Waals surface area (Å²) in [6.07, 6.45) is 3.62. The quantitative estimate of drug-likeness (QED) is 0.468. The molecule has 0 atom stereocenters. The number of pyridine rings is 1. The van der Waals surface area contributed by atoms with Crippen molar-refractivity contribution in [3.05, 3.63) is 78.4 Å². The van der Waals surface area contributed by atoms with Gasteiger partial charge in [-0.25, -0.2) is 14.4 Å². The van der Waals surface area contributed by atoms with Gasteiger partial charge in [-0.05, 0) is 48.0 Å². The summed E-state index contributed by atoms with van der Waals surface area (Å²) in [7, 11) is 0. The smallest absolute Gasteiger partial charge is 0.219 e. The van der Waals surface area contributed by atoms with Crippen LogP contribution in [0.2, 0.25) is 0 Å². The van der Waals surface area contributed by atoms with Gasteiger partial charge in [-0.3, -0.25) is 4.57 Å². The number of hydrogen-bond donors (Lipinski definition) is 1. The van der Waals surface area contributed by atoms with Crippen molar-refractivity contribution in [1.29, 1.82) is 0 Å². The fraction of sp³-hybridized carbons (Fsp3) is 0.0476. The third kappa shape index (κ3) is 2.90. The van der Waals surface area contributed by atoms with Gasteiger partial charge in [-0.1, -0.05) is 17.4 Å². The molecule has 0 unspecified atom stereocenters. The van der Waals surface area contributed by atoms with E-state index < -0.39 is 0 Å². The zero-order valence-electron chi connectivity index (χ0n) is 14.7. The number of fused-ring (bicyclic) bond motifs is 2. The number of benzene rings is 2. The van der Waals surface area contributed by atoms with E-state index in [2.05, 4.69) is 9.97 Å². The Hall–Kier alpha value is -3.29. The van der Waals surface area contributed by atoms with Crippen LogP contribution >= 0.6 is 11.3 Å². The van der Waals surface area contributed by atoms with Crippen LogP contribution < -0.4 is 10.5 Å². The van der Waals surface area contributed by atoms with Gasteiger partial charge >= 0.3 is 0 Å². The van der Waals surface area contributed by atoms with Crippen molar-refractivity contribution in [2.45, 2.75) is 6.54 Å². The number of aromatic nitrogens is 3. The molecule has 3 heterocycles. The lowest BCUT2D eigenvalue weighted by Crippen LogP contribution is -1.97. The first-order valence-corrected chi connectivity index (χ1v) is 9.52. The topological polar surface area (TPSA) is 66.0 Å². The highest BCUT2D eigenvalue weighted by atomic mass is 32.1. The molecular weight excluding hydrogens is 375 g/mol. The number of thiazole rings is 1. The van der Waals surface area contributed by atoms with Crippen molar-refractivity contribution in [2.24, 2.45) is 5.73 Å². The Morgan fingerprint density at radius 1 is 1.11 bits per heavy atom. The zero-order chi connectivity index (χ0) is 19.1. The molecule has 3 aromatic heterocycles. The standard InChI is InChI=1S/C21H15FN4OS/c22-14-4-5-16-19(11-14)28-21(25-16)26-9-7-15-17(26)2-1-3-18(15)27-20-10-13(12-23)6-8-24-20/h1-11H,12,23H2. The summed E-state index contributed by atoms with van der Waals surface area (Å²) in [5, 5.41) is 1.71. The van der Waals surface area contributed by atoms with Crippen molar-refractivity contribution in [1.82, 2.24) is 14.5 Å². The van der Waals surface area contributed by atoms with Crippen LogP contribution in [-0.4, -0.2) is 14.5 Å². The van der Waals surface area contributed by atoms with Crippen LogP contribution in [0.25, 0.3) is 26.3 Å². The van der Waals surface area contributed by atoms with Crippen LogP contribution in [0.3, 0.4) is 0 Å². The molecule has 0 aliphatic heterocycles. The number of hydrogen-bond acceptors (Lipinski definition) is 5. The van der Waals surface area contributed by atoms with Crippen LogP contribution in [0, 0.1) is 5.82 Å². The Kier molecular flexibility index (Phi) is 4.03. The lowest BCUT2D eigenvalue weighted by molar-refractivity contribution is 0.467. The van der Waals surface area contributed by atoms with Gasteiger partial charge in [0, 0.05) is 30.4 Å². The van der Waals surface area contributed by atoms with E-state index in [1.54, 1.807) is 12.3 Å². The molecule has 0 saturated carbocycles. The van der Waals surface area contributed by atoms with Gasteiger partial charge < -0.3 is 10.5 Å². The Morgan fingerprint density at radius 2 is 2.04 bits per heavy atom. The summed E-state index contributed by atoms with van der Waals surface area (Å²) < 4.78 is 22.3. The maximum atomic E-state index is 13.5. The third-order valence-electron chi connectivity index (χ3n) is 4.49. The molecule has 5 aromatic rings. The number of rotatable bonds is 4.